The van der Waals surface area contributed by atoms with Crippen molar-refractivity contribution in [2.45, 2.75) is 31.2 Å². The van der Waals surface area contributed by atoms with E-state index in [1.807, 2.05) is 20.8 Å². The Morgan fingerprint density at radius 1 is 1.26 bits per heavy atom. The molecule has 0 aliphatic carbocycles. The van der Waals surface area contributed by atoms with Crippen LogP contribution in [-0.2, 0) is 14.8 Å². The van der Waals surface area contributed by atoms with Crippen LogP contribution in [0.25, 0.3) is 0 Å². The van der Waals surface area contributed by atoms with E-state index >= 15 is 0 Å². The van der Waals surface area contributed by atoms with Gasteiger partial charge in [-0.1, -0.05) is 11.6 Å². The third kappa shape index (κ3) is 4.44. The number of rotatable bonds is 3. The van der Waals surface area contributed by atoms with Gasteiger partial charge in [-0.2, -0.15) is 4.31 Å². The Morgan fingerprint density at radius 3 is 2.43 bits per heavy atom. The van der Waals surface area contributed by atoms with E-state index in [0.717, 1.165) is 0 Å². The number of nitrogens with zero attached hydrogens (tertiary/aromatic N) is 1. The van der Waals surface area contributed by atoms with Crippen LogP contribution >= 0.6 is 11.6 Å². The summed E-state index contributed by atoms with van der Waals surface area (Å²) in [6.07, 6.45) is 0. The van der Waals surface area contributed by atoms with Gasteiger partial charge in [0.2, 0.25) is 10.0 Å². The van der Waals surface area contributed by atoms with Gasteiger partial charge in [0.05, 0.1) is 18.2 Å². The molecule has 6 nitrogen and oxygen atoms in total. The number of nitrogens with one attached hydrogen (secondary N) is 1. The summed E-state index contributed by atoms with van der Waals surface area (Å²) in [5, 5.41) is 2.90. The van der Waals surface area contributed by atoms with Gasteiger partial charge in [0.1, 0.15) is 4.90 Å². The highest BCUT2D eigenvalue weighted by molar-refractivity contribution is 7.89. The molecule has 0 spiro atoms. The van der Waals surface area contributed by atoms with Gasteiger partial charge in [-0.3, -0.25) is 4.79 Å². The van der Waals surface area contributed by atoms with Crippen molar-refractivity contribution in [3.8, 4) is 0 Å². The zero-order chi connectivity index (χ0) is 17.3. The molecule has 0 unspecified atom stereocenters. The maximum atomic E-state index is 12.7. The van der Waals surface area contributed by atoms with E-state index in [9.17, 15) is 13.2 Å². The molecule has 1 amide bonds. The molecule has 128 valence electrons. The van der Waals surface area contributed by atoms with Crippen LogP contribution in [0.3, 0.4) is 0 Å². The monoisotopic (exact) mass is 360 g/mol. The van der Waals surface area contributed by atoms with Crippen LogP contribution in [0, 0.1) is 0 Å². The second kappa shape index (κ2) is 6.76. The molecule has 0 radical (unpaired) electrons. The fraction of sp³-hybridized carbons (Fsp3) is 0.533. The van der Waals surface area contributed by atoms with Crippen molar-refractivity contribution in [3.63, 3.8) is 0 Å². The molecule has 1 N–H and O–H groups in total. The van der Waals surface area contributed by atoms with Crippen molar-refractivity contribution in [3.05, 3.63) is 28.8 Å². The zero-order valence-electron chi connectivity index (χ0n) is 13.4. The third-order valence-electron chi connectivity index (χ3n) is 3.27. The van der Waals surface area contributed by atoms with E-state index in [2.05, 4.69) is 5.32 Å². The third-order valence-corrected chi connectivity index (χ3v) is 5.65. The standard InChI is InChI=1S/C15H21ClN2O4S/c1-15(2,3)17-14(19)11-4-5-12(16)13(10-11)23(20,21)18-6-8-22-9-7-18/h4-5,10H,6-9H2,1-3H3,(H,17,19). The molecule has 1 saturated heterocycles. The van der Waals surface area contributed by atoms with Gasteiger partial charge in [0.25, 0.3) is 5.91 Å². The van der Waals surface area contributed by atoms with Crippen LogP contribution in [0.2, 0.25) is 5.02 Å². The van der Waals surface area contributed by atoms with Crippen LogP contribution in [0.5, 0.6) is 0 Å². The van der Waals surface area contributed by atoms with Crippen molar-refractivity contribution in [2.75, 3.05) is 26.3 Å². The molecule has 1 fully saturated rings. The number of hydrogen-bond donors (Lipinski definition) is 1. The summed E-state index contributed by atoms with van der Waals surface area (Å²) >= 11 is 6.07. The molecule has 1 aromatic rings. The van der Waals surface area contributed by atoms with Gasteiger partial charge < -0.3 is 10.1 Å². The first-order chi connectivity index (χ1) is 10.6. The molecule has 0 aromatic heterocycles. The van der Waals surface area contributed by atoms with E-state index in [4.69, 9.17) is 16.3 Å². The smallest absolute Gasteiger partial charge is 0.251 e. The number of morpholine rings is 1. The minimum Gasteiger partial charge on any atom is -0.379 e. The van der Waals surface area contributed by atoms with E-state index in [-0.39, 0.29) is 34.5 Å². The summed E-state index contributed by atoms with van der Waals surface area (Å²) in [7, 11) is -3.75. The molecular formula is C15H21ClN2O4S. The SMILES string of the molecule is CC(C)(C)NC(=O)c1ccc(Cl)c(S(=O)(=O)N2CCOCC2)c1. The summed E-state index contributed by atoms with van der Waals surface area (Å²) in [4.78, 5) is 12.2. The number of hydrogen-bond acceptors (Lipinski definition) is 4. The molecule has 1 aliphatic rings. The fourth-order valence-corrected chi connectivity index (χ4v) is 4.09. The zero-order valence-corrected chi connectivity index (χ0v) is 15.0. The second-order valence-electron chi connectivity index (χ2n) is 6.37. The second-order valence-corrected chi connectivity index (χ2v) is 8.68. The Hall–Kier alpha value is -1.15. The normalized spacial score (nSPS) is 17.0. The predicted octanol–water partition coefficient (Wildman–Crippen LogP) is 1.89. The van der Waals surface area contributed by atoms with Crippen molar-refractivity contribution >= 4 is 27.5 Å². The van der Waals surface area contributed by atoms with E-state index in [0.29, 0.717) is 13.2 Å². The van der Waals surface area contributed by atoms with Gasteiger partial charge in [-0.05, 0) is 39.0 Å². The van der Waals surface area contributed by atoms with Crippen LogP contribution in [0.15, 0.2) is 23.1 Å². The summed E-state index contributed by atoms with van der Waals surface area (Å²) in [5.74, 6) is -0.340. The number of ether oxygens (including phenoxy) is 1. The Kier molecular flexibility index (Phi) is 5.35. The van der Waals surface area contributed by atoms with Crippen molar-refractivity contribution in [1.29, 1.82) is 0 Å². The van der Waals surface area contributed by atoms with Crippen molar-refractivity contribution < 1.29 is 17.9 Å². The summed E-state index contributed by atoms with van der Waals surface area (Å²) in [6, 6.07) is 4.28. The van der Waals surface area contributed by atoms with Gasteiger partial charge in [0.15, 0.2) is 0 Å². The van der Waals surface area contributed by atoms with E-state index < -0.39 is 15.6 Å². The number of amides is 1. The molecule has 2 rings (SSSR count). The Labute approximate surface area is 141 Å². The molecule has 0 bridgehead atoms. The molecule has 0 atom stereocenters. The lowest BCUT2D eigenvalue weighted by Gasteiger charge is -2.26. The molecular weight excluding hydrogens is 340 g/mol. The highest BCUT2D eigenvalue weighted by Crippen LogP contribution is 2.26. The lowest BCUT2D eigenvalue weighted by molar-refractivity contribution is 0.0730. The Morgan fingerprint density at radius 2 is 1.87 bits per heavy atom. The van der Waals surface area contributed by atoms with Gasteiger partial charge in [0, 0.05) is 24.2 Å². The van der Waals surface area contributed by atoms with Crippen molar-refractivity contribution in [1.82, 2.24) is 9.62 Å². The van der Waals surface area contributed by atoms with E-state index in [1.54, 1.807) is 0 Å². The first-order valence-electron chi connectivity index (χ1n) is 7.31. The largest absolute Gasteiger partial charge is 0.379 e. The van der Waals surface area contributed by atoms with E-state index in [1.165, 1.54) is 22.5 Å². The predicted molar refractivity (Wildman–Crippen MR) is 88.2 cm³/mol. The average Bonchev–Trinajstić information content (AvgIpc) is 2.46. The minimum atomic E-state index is -3.75. The molecule has 8 heteroatoms. The summed E-state index contributed by atoms with van der Waals surface area (Å²) < 4.78 is 31.9. The first kappa shape index (κ1) is 18.2. The topological polar surface area (TPSA) is 75.7 Å². The lowest BCUT2D eigenvalue weighted by atomic mass is 10.1. The first-order valence-corrected chi connectivity index (χ1v) is 9.13. The van der Waals surface area contributed by atoms with Crippen LogP contribution < -0.4 is 5.32 Å². The number of sulfonamides is 1. The lowest BCUT2D eigenvalue weighted by Crippen LogP contribution is -2.41. The van der Waals surface area contributed by atoms with Crippen LogP contribution in [-0.4, -0.2) is 50.5 Å². The molecule has 1 aliphatic heterocycles. The number of carbonyl (C=O) groups is 1. The summed E-state index contributed by atoms with van der Waals surface area (Å²) in [6.45, 7) is 6.81. The number of halogens is 1. The average molecular weight is 361 g/mol. The highest BCUT2D eigenvalue weighted by Gasteiger charge is 2.29. The maximum absolute atomic E-state index is 12.7. The fourth-order valence-electron chi connectivity index (χ4n) is 2.18. The highest BCUT2D eigenvalue weighted by atomic mass is 35.5. The number of benzene rings is 1. The molecule has 1 heterocycles. The van der Waals surface area contributed by atoms with Crippen LogP contribution in [0.4, 0.5) is 0 Å². The van der Waals surface area contributed by atoms with Crippen LogP contribution in [0.1, 0.15) is 31.1 Å². The van der Waals surface area contributed by atoms with Crippen molar-refractivity contribution in [2.24, 2.45) is 0 Å². The van der Waals surface area contributed by atoms with Gasteiger partial charge in [-0.25, -0.2) is 8.42 Å². The molecule has 1 aromatic carbocycles. The Balaban J connectivity index is 2.35. The van der Waals surface area contributed by atoms with Gasteiger partial charge >= 0.3 is 0 Å². The molecule has 0 saturated carbocycles. The molecule has 23 heavy (non-hydrogen) atoms. The Bertz CT molecular complexity index is 692. The number of carbonyl (C=O) groups excluding carboxylic acids is 1. The summed E-state index contributed by atoms with van der Waals surface area (Å²) in [5.41, 5.74) is -0.156. The van der Waals surface area contributed by atoms with Gasteiger partial charge in [-0.15, -0.1) is 0 Å². The maximum Gasteiger partial charge on any atom is 0.251 e. The minimum absolute atomic E-state index is 0.0531. The quantitative estimate of drug-likeness (QED) is 0.893.